The molecule has 4 heteroatoms. The monoisotopic (exact) mass is 227 g/mol. The highest BCUT2D eigenvalue weighted by Gasteiger charge is 2.16. The van der Waals surface area contributed by atoms with Crippen molar-refractivity contribution in [2.75, 3.05) is 34.4 Å². The smallest absolute Gasteiger partial charge is 0.123 e. The molecule has 1 unspecified atom stereocenters. The second-order valence-corrected chi connectivity index (χ2v) is 3.60. The lowest BCUT2D eigenvalue weighted by atomic mass is 9.98. The van der Waals surface area contributed by atoms with E-state index in [1.807, 2.05) is 7.05 Å². The zero-order chi connectivity index (χ0) is 12.0. The summed E-state index contributed by atoms with van der Waals surface area (Å²) in [6.45, 7) is 1.24. The average molecular weight is 227 g/mol. The molecule has 16 heavy (non-hydrogen) atoms. The Labute approximate surface area is 95.6 Å². The fourth-order valence-corrected chi connectivity index (χ4v) is 1.73. The minimum Gasteiger partial charge on any atom is -0.496 e. The Morgan fingerprint density at radius 1 is 1.38 bits per heavy atom. The van der Waals surface area contributed by atoms with Gasteiger partial charge in [-0.25, -0.2) is 4.39 Å². The van der Waals surface area contributed by atoms with Crippen LogP contribution in [0.25, 0.3) is 0 Å². The van der Waals surface area contributed by atoms with Crippen molar-refractivity contribution in [1.82, 2.24) is 5.32 Å². The zero-order valence-electron chi connectivity index (χ0n) is 9.92. The highest BCUT2D eigenvalue weighted by Crippen LogP contribution is 2.27. The lowest BCUT2D eigenvalue weighted by Crippen LogP contribution is -2.21. The van der Waals surface area contributed by atoms with Crippen molar-refractivity contribution in [2.24, 2.45) is 0 Å². The molecular formula is C12H18FNO2. The van der Waals surface area contributed by atoms with Gasteiger partial charge in [-0.1, -0.05) is 0 Å². The molecule has 0 aliphatic carbocycles. The van der Waals surface area contributed by atoms with E-state index >= 15 is 0 Å². The van der Waals surface area contributed by atoms with Crippen LogP contribution in [-0.4, -0.2) is 34.4 Å². The third kappa shape index (κ3) is 3.18. The van der Waals surface area contributed by atoms with Crippen LogP contribution in [0.3, 0.4) is 0 Å². The van der Waals surface area contributed by atoms with Gasteiger partial charge in [-0.2, -0.15) is 0 Å². The van der Waals surface area contributed by atoms with E-state index < -0.39 is 0 Å². The maximum Gasteiger partial charge on any atom is 0.123 e. The topological polar surface area (TPSA) is 30.5 Å². The van der Waals surface area contributed by atoms with E-state index in [-0.39, 0.29) is 11.7 Å². The minimum atomic E-state index is -0.256. The lowest BCUT2D eigenvalue weighted by molar-refractivity contribution is 0.177. The molecular weight excluding hydrogens is 209 g/mol. The van der Waals surface area contributed by atoms with Crippen LogP contribution < -0.4 is 10.1 Å². The summed E-state index contributed by atoms with van der Waals surface area (Å²) in [5.74, 6) is 0.521. The molecule has 0 heterocycles. The van der Waals surface area contributed by atoms with E-state index in [0.717, 1.165) is 5.56 Å². The first kappa shape index (κ1) is 12.9. The van der Waals surface area contributed by atoms with Gasteiger partial charge in [0.05, 0.1) is 13.7 Å². The molecule has 90 valence electrons. The Bertz CT molecular complexity index is 325. The van der Waals surface area contributed by atoms with E-state index in [0.29, 0.717) is 18.9 Å². The van der Waals surface area contributed by atoms with Gasteiger partial charge in [-0.15, -0.1) is 0 Å². The number of hydrogen-bond acceptors (Lipinski definition) is 3. The highest BCUT2D eigenvalue weighted by molar-refractivity contribution is 5.37. The summed E-state index contributed by atoms with van der Waals surface area (Å²) in [4.78, 5) is 0. The Hall–Kier alpha value is -1.13. The Morgan fingerprint density at radius 3 is 2.69 bits per heavy atom. The molecule has 1 atom stereocenters. The molecule has 1 N–H and O–H groups in total. The van der Waals surface area contributed by atoms with E-state index in [1.54, 1.807) is 20.3 Å². The summed E-state index contributed by atoms with van der Waals surface area (Å²) in [6, 6.07) is 4.54. The van der Waals surface area contributed by atoms with E-state index in [2.05, 4.69) is 5.32 Å². The maximum absolute atomic E-state index is 13.2. The fraction of sp³-hybridized carbons (Fsp3) is 0.500. The normalized spacial score (nSPS) is 12.5. The van der Waals surface area contributed by atoms with Crippen LogP contribution >= 0.6 is 0 Å². The minimum absolute atomic E-state index is 0.0839. The van der Waals surface area contributed by atoms with Crippen molar-refractivity contribution < 1.29 is 13.9 Å². The fourth-order valence-electron chi connectivity index (χ4n) is 1.73. The summed E-state index contributed by atoms with van der Waals surface area (Å²) < 4.78 is 23.6. The molecule has 0 fully saturated rings. The molecule has 0 radical (unpaired) electrons. The summed E-state index contributed by atoms with van der Waals surface area (Å²) in [6.07, 6.45) is 0. The predicted molar refractivity (Wildman–Crippen MR) is 61.5 cm³/mol. The van der Waals surface area contributed by atoms with Crippen LogP contribution in [0, 0.1) is 5.82 Å². The molecule has 0 bridgehead atoms. The SMILES string of the molecule is CNCC(COC)c1cc(F)ccc1OC. The number of benzene rings is 1. The predicted octanol–water partition coefficient (Wildman–Crippen LogP) is 1.78. The summed E-state index contributed by atoms with van der Waals surface area (Å²) in [7, 11) is 5.07. The standard InChI is InChI=1S/C12H18FNO2/c1-14-7-9(8-15-2)11-6-10(13)4-5-12(11)16-3/h4-6,9,14H,7-8H2,1-3H3. The van der Waals surface area contributed by atoms with Gasteiger partial charge in [-0.05, 0) is 25.2 Å². The second-order valence-electron chi connectivity index (χ2n) is 3.60. The molecule has 0 spiro atoms. The van der Waals surface area contributed by atoms with Gasteiger partial charge in [-0.3, -0.25) is 0 Å². The molecule has 1 rings (SSSR count). The van der Waals surface area contributed by atoms with E-state index in [4.69, 9.17) is 9.47 Å². The van der Waals surface area contributed by atoms with Crippen molar-refractivity contribution in [3.63, 3.8) is 0 Å². The molecule has 0 amide bonds. The van der Waals surface area contributed by atoms with E-state index in [9.17, 15) is 4.39 Å². The molecule has 3 nitrogen and oxygen atoms in total. The van der Waals surface area contributed by atoms with Crippen LogP contribution in [-0.2, 0) is 4.74 Å². The van der Waals surface area contributed by atoms with Gasteiger partial charge in [0.1, 0.15) is 11.6 Å². The number of rotatable bonds is 6. The first-order chi connectivity index (χ1) is 7.72. The summed E-state index contributed by atoms with van der Waals surface area (Å²) in [5.41, 5.74) is 0.832. The van der Waals surface area contributed by atoms with Crippen LogP contribution in [0.2, 0.25) is 0 Å². The molecule has 0 saturated heterocycles. The third-order valence-electron chi connectivity index (χ3n) is 2.45. The number of halogens is 1. The van der Waals surface area contributed by atoms with Crippen LogP contribution in [0.1, 0.15) is 11.5 Å². The van der Waals surface area contributed by atoms with Gasteiger partial charge < -0.3 is 14.8 Å². The molecule has 0 saturated carbocycles. The average Bonchev–Trinajstić information content (AvgIpc) is 2.29. The van der Waals surface area contributed by atoms with Gasteiger partial charge in [0.2, 0.25) is 0 Å². The summed E-state index contributed by atoms with van der Waals surface area (Å²) >= 11 is 0. The largest absolute Gasteiger partial charge is 0.496 e. The molecule has 1 aromatic carbocycles. The number of likely N-dealkylation sites (N-methyl/N-ethyl adjacent to an activating group) is 1. The Morgan fingerprint density at radius 2 is 2.12 bits per heavy atom. The van der Waals surface area contributed by atoms with Crippen molar-refractivity contribution >= 4 is 0 Å². The summed E-state index contributed by atoms with van der Waals surface area (Å²) in [5, 5.41) is 3.06. The first-order valence-electron chi connectivity index (χ1n) is 5.20. The first-order valence-corrected chi connectivity index (χ1v) is 5.20. The lowest BCUT2D eigenvalue weighted by Gasteiger charge is -2.18. The highest BCUT2D eigenvalue weighted by atomic mass is 19.1. The van der Waals surface area contributed by atoms with Crippen molar-refractivity contribution in [3.05, 3.63) is 29.6 Å². The molecule has 1 aromatic rings. The van der Waals surface area contributed by atoms with Crippen LogP contribution in [0.15, 0.2) is 18.2 Å². The second kappa shape index (κ2) is 6.45. The quantitative estimate of drug-likeness (QED) is 0.803. The van der Waals surface area contributed by atoms with E-state index in [1.165, 1.54) is 12.1 Å². The van der Waals surface area contributed by atoms with Crippen LogP contribution in [0.5, 0.6) is 5.75 Å². The van der Waals surface area contributed by atoms with Crippen LogP contribution in [0.4, 0.5) is 4.39 Å². The van der Waals surface area contributed by atoms with Gasteiger partial charge >= 0.3 is 0 Å². The van der Waals surface area contributed by atoms with Crippen molar-refractivity contribution in [3.8, 4) is 5.75 Å². The Kier molecular flexibility index (Phi) is 5.22. The number of methoxy groups -OCH3 is 2. The molecule has 0 aliphatic rings. The van der Waals surface area contributed by atoms with Crippen molar-refractivity contribution in [2.45, 2.75) is 5.92 Å². The number of ether oxygens (including phenoxy) is 2. The molecule has 0 aliphatic heterocycles. The van der Waals surface area contributed by atoms with Crippen molar-refractivity contribution in [1.29, 1.82) is 0 Å². The maximum atomic E-state index is 13.2. The van der Waals surface area contributed by atoms with Gasteiger partial charge in [0, 0.05) is 25.1 Å². The third-order valence-corrected chi connectivity index (χ3v) is 2.45. The molecule has 0 aromatic heterocycles. The number of nitrogens with one attached hydrogen (secondary N) is 1. The van der Waals surface area contributed by atoms with Gasteiger partial charge in [0.15, 0.2) is 0 Å². The number of hydrogen-bond donors (Lipinski definition) is 1. The van der Waals surface area contributed by atoms with Gasteiger partial charge in [0.25, 0.3) is 0 Å². The zero-order valence-corrected chi connectivity index (χ0v) is 9.92. The Balaban J connectivity index is 3.00.